The number of primary amides is 1. The van der Waals surface area contributed by atoms with Crippen LogP contribution >= 0.6 is 11.6 Å². The van der Waals surface area contributed by atoms with Crippen molar-refractivity contribution in [3.8, 4) is 5.75 Å². The van der Waals surface area contributed by atoms with E-state index in [4.69, 9.17) is 17.3 Å². The molecule has 0 spiro atoms. The number of phenolic OH excluding ortho intramolecular Hbond substituents is 1. The molecular formula is C23H23ClN2O7. The van der Waals surface area contributed by atoms with E-state index in [1.165, 1.54) is 6.07 Å². The molecule has 1 aromatic rings. The third-order valence-electron chi connectivity index (χ3n) is 7.80. The lowest BCUT2D eigenvalue weighted by Crippen LogP contribution is -2.68. The first kappa shape index (κ1) is 22.2. The Morgan fingerprint density at radius 3 is 2.55 bits per heavy atom. The van der Waals surface area contributed by atoms with Crippen molar-refractivity contribution in [3.63, 3.8) is 0 Å². The Bertz CT molecular complexity index is 1140. The van der Waals surface area contributed by atoms with E-state index in [9.17, 15) is 34.2 Å². The fourth-order valence-corrected chi connectivity index (χ4v) is 6.59. The molecule has 5 N–H and O–H groups in total. The van der Waals surface area contributed by atoms with Crippen LogP contribution in [0.5, 0.6) is 5.75 Å². The van der Waals surface area contributed by atoms with E-state index in [0.717, 1.165) is 19.4 Å². The number of halogens is 1. The summed E-state index contributed by atoms with van der Waals surface area (Å²) < 4.78 is 0. The van der Waals surface area contributed by atoms with Crippen LogP contribution in [-0.4, -0.2) is 51.4 Å². The Balaban J connectivity index is 1.58. The number of benzene rings is 1. The van der Waals surface area contributed by atoms with E-state index < -0.39 is 58.3 Å². The van der Waals surface area contributed by atoms with E-state index in [0.29, 0.717) is 16.1 Å². The molecule has 4 aliphatic rings. The number of hydrogen-bond acceptors (Lipinski definition) is 8. The number of aliphatic hydroxyl groups is 1. The van der Waals surface area contributed by atoms with Crippen molar-refractivity contribution in [2.24, 2.45) is 29.4 Å². The maximum absolute atomic E-state index is 13.4. The number of amides is 1. The Hall–Kier alpha value is -2.62. The number of fused-ring (bicyclic) bond motifs is 3. The van der Waals surface area contributed by atoms with Crippen LogP contribution in [0.25, 0.3) is 0 Å². The highest BCUT2D eigenvalue weighted by molar-refractivity contribution is 6.34. The van der Waals surface area contributed by atoms with Gasteiger partial charge in [0.05, 0.1) is 11.5 Å². The first-order chi connectivity index (χ1) is 15.6. The predicted octanol–water partition coefficient (Wildman–Crippen LogP) is 0.405. The highest BCUT2D eigenvalue weighted by Gasteiger charge is 2.66. The van der Waals surface area contributed by atoms with E-state index in [2.05, 4.69) is 5.32 Å². The van der Waals surface area contributed by atoms with Gasteiger partial charge in [-0.3, -0.25) is 24.0 Å². The van der Waals surface area contributed by atoms with Crippen molar-refractivity contribution in [3.05, 3.63) is 27.8 Å². The molecule has 1 saturated heterocycles. The van der Waals surface area contributed by atoms with Crippen LogP contribution in [-0.2, 0) is 25.6 Å². The number of phenols is 1. The first-order valence-corrected chi connectivity index (χ1v) is 11.4. The molecule has 1 aliphatic heterocycles. The number of Topliss-reactive ketones (excluding diaryl/α,β-unsaturated/α-hetero) is 4. The molecule has 1 amide bonds. The molecule has 9 nitrogen and oxygen atoms in total. The second kappa shape index (κ2) is 7.44. The fourth-order valence-electron chi connectivity index (χ4n) is 6.24. The SMILES string of the molecule is NC(=O)C1C(=O)CC2CC3Cc4c(Cl)c(C5CCCN5)cc(O)c4C(=O)C3C(=O)C2(O)C1=O. The Morgan fingerprint density at radius 1 is 1.18 bits per heavy atom. The lowest BCUT2D eigenvalue weighted by atomic mass is 9.54. The summed E-state index contributed by atoms with van der Waals surface area (Å²) in [6, 6.07) is 1.37. The van der Waals surface area contributed by atoms with Crippen molar-refractivity contribution >= 4 is 40.6 Å². The normalized spacial score (nSPS) is 35.8. The largest absolute Gasteiger partial charge is 0.507 e. The summed E-state index contributed by atoms with van der Waals surface area (Å²) in [6.07, 6.45) is 1.64. The Morgan fingerprint density at radius 2 is 1.91 bits per heavy atom. The van der Waals surface area contributed by atoms with E-state index >= 15 is 0 Å². The Labute approximate surface area is 193 Å². The molecule has 10 heteroatoms. The minimum atomic E-state index is -2.64. The maximum atomic E-state index is 13.4. The average molecular weight is 475 g/mol. The van der Waals surface area contributed by atoms with Gasteiger partial charge in [0.25, 0.3) is 0 Å². The summed E-state index contributed by atoms with van der Waals surface area (Å²) in [7, 11) is 0. The van der Waals surface area contributed by atoms with Crippen molar-refractivity contribution in [2.45, 2.75) is 43.7 Å². The summed E-state index contributed by atoms with van der Waals surface area (Å²) in [5.74, 6) is -10.2. The number of aromatic hydroxyl groups is 1. The standard InChI is InChI=1S/C23H23ClN2O7/c24-18-10(12-2-1-3-26-12)7-14(28)16-11(18)5-8-4-9-6-13(27)17(22(25)32)21(31)23(9,33)20(30)15(8)19(16)29/h7-9,12,15,17,26,28,33H,1-6H2,(H2,25,32). The molecule has 1 aromatic carbocycles. The molecule has 6 unspecified atom stereocenters. The maximum Gasteiger partial charge on any atom is 0.235 e. The molecule has 0 bridgehead atoms. The van der Waals surface area contributed by atoms with Crippen molar-refractivity contribution in [1.82, 2.24) is 5.32 Å². The number of nitrogens with two attached hydrogens (primary N) is 1. The quantitative estimate of drug-likeness (QED) is 0.447. The molecular weight excluding hydrogens is 452 g/mol. The minimum absolute atomic E-state index is 0.0457. The molecule has 3 aliphatic carbocycles. The zero-order chi connectivity index (χ0) is 23.8. The van der Waals surface area contributed by atoms with E-state index in [1.54, 1.807) is 0 Å². The van der Waals surface area contributed by atoms with Crippen LogP contribution < -0.4 is 11.1 Å². The number of nitrogens with one attached hydrogen (secondary N) is 1. The van der Waals surface area contributed by atoms with Gasteiger partial charge in [-0.05, 0) is 55.3 Å². The zero-order valence-electron chi connectivity index (χ0n) is 17.6. The monoisotopic (exact) mass is 474 g/mol. The molecule has 0 radical (unpaired) electrons. The minimum Gasteiger partial charge on any atom is -0.507 e. The van der Waals surface area contributed by atoms with Gasteiger partial charge in [0.1, 0.15) is 5.75 Å². The molecule has 6 atom stereocenters. The van der Waals surface area contributed by atoms with Gasteiger partial charge < -0.3 is 21.3 Å². The second-order valence-electron chi connectivity index (χ2n) is 9.54. The van der Waals surface area contributed by atoms with Gasteiger partial charge >= 0.3 is 0 Å². The molecule has 2 saturated carbocycles. The summed E-state index contributed by atoms with van der Waals surface area (Å²) in [4.78, 5) is 63.8. The topological polar surface area (TPSA) is 164 Å². The van der Waals surface area contributed by atoms with Crippen LogP contribution in [0.3, 0.4) is 0 Å². The highest BCUT2D eigenvalue weighted by atomic mass is 35.5. The smallest absolute Gasteiger partial charge is 0.235 e. The molecule has 174 valence electrons. The number of carbonyl (C=O) groups excluding carboxylic acids is 5. The lowest BCUT2D eigenvalue weighted by molar-refractivity contribution is -0.175. The lowest BCUT2D eigenvalue weighted by Gasteiger charge is -2.48. The van der Waals surface area contributed by atoms with Crippen molar-refractivity contribution in [1.29, 1.82) is 0 Å². The first-order valence-electron chi connectivity index (χ1n) is 11.0. The number of hydrogen-bond donors (Lipinski definition) is 4. The third kappa shape index (κ3) is 2.95. The van der Waals surface area contributed by atoms with Crippen molar-refractivity contribution < 1.29 is 34.2 Å². The second-order valence-corrected chi connectivity index (χ2v) is 9.92. The van der Waals surface area contributed by atoms with Gasteiger partial charge in [-0.1, -0.05) is 11.6 Å². The average Bonchev–Trinajstić information content (AvgIpc) is 3.27. The summed E-state index contributed by atoms with van der Waals surface area (Å²) >= 11 is 6.68. The third-order valence-corrected chi connectivity index (χ3v) is 8.25. The fraction of sp³-hybridized carbons (Fsp3) is 0.522. The summed E-state index contributed by atoms with van der Waals surface area (Å²) in [5.41, 5.74) is 3.57. The van der Waals surface area contributed by atoms with Crippen LogP contribution in [0, 0.1) is 23.7 Å². The van der Waals surface area contributed by atoms with Gasteiger partial charge in [-0.25, -0.2) is 0 Å². The van der Waals surface area contributed by atoms with Crippen LogP contribution in [0.15, 0.2) is 6.07 Å². The Kier molecular flexibility index (Phi) is 5.00. The summed E-state index contributed by atoms with van der Waals surface area (Å²) in [5, 5.41) is 25.5. The van der Waals surface area contributed by atoms with Gasteiger partial charge in [-0.2, -0.15) is 0 Å². The molecule has 3 fully saturated rings. The molecule has 1 heterocycles. The van der Waals surface area contributed by atoms with Crippen LogP contribution in [0.4, 0.5) is 0 Å². The van der Waals surface area contributed by atoms with Crippen LogP contribution in [0.2, 0.25) is 5.02 Å². The highest BCUT2D eigenvalue weighted by Crippen LogP contribution is 2.51. The van der Waals surface area contributed by atoms with Gasteiger partial charge in [0.2, 0.25) is 5.91 Å². The summed E-state index contributed by atoms with van der Waals surface area (Å²) in [6.45, 7) is 0.811. The van der Waals surface area contributed by atoms with Crippen LogP contribution in [0.1, 0.15) is 53.2 Å². The van der Waals surface area contributed by atoms with Gasteiger partial charge in [0, 0.05) is 23.4 Å². The molecule has 0 aromatic heterocycles. The zero-order valence-corrected chi connectivity index (χ0v) is 18.4. The van der Waals surface area contributed by atoms with Gasteiger partial charge in [-0.15, -0.1) is 0 Å². The van der Waals surface area contributed by atoms with Crippen molar-refractivity contribution in [2.75, 3.05) is 6.54 Å². The number of carbonyl (C=O) groups is 5. The number of rotatable bonds is 2. The van der Waals surface area contributed by atoms with E-state index in [-0.39, 0.29) is 36.6 Å². The predicted molar refractivity (Wildman–Crippen MR) is 113 cm³/mol. The molecule has 33 heavy (non-hydrogen) atoms. The van der Waals surface area contributed by atoms with Gasteiger partial charge in [0.15, 0.2) is 34.7 Å². The molecule has 5 rings (SSSR count). The van der Waals surface area contributed by atoms with E-state index in [1.807, 2.05) is 0 Å². The number of ketones is 4.